The number of aliphatic hydroxyl groups is 2. The maximum Gasteiger partial charge on any atom is 0.326 e. The molecule has 1 heterocycles. The van der Waals surface area contributed by atoms with Crippen molar-refractivity contribution in [3.8, 4) is 0 Å². The first-order valence-electron chi connectivity index (χ1n) is 24.1. The van der Waals surface area contributed by atoms with Crippen molar-refractivity contribution in [3.05, 3.63) is 47.6 Å². The van der Waals surface area contributed by atoms with Crippen LogP contribution in [0.5, 0.6) is 0 Å². The van der Waals surface area contributed by atoms with E-state index >= 15 is 0 Å². The molecule has 12 heteroatoms. The van der Waals surface area contributed by atoms with Crippen LogP contribution in [-0.4, -0.2) is 107 Å². The maximum absolute atomic E-state index is 13.7. The molecule has 1 saturated heterocycles. The lowest BCUT2D eigenvalue weighted by molar-refractivity contribution is -0.202. The number of likely N-dealkylation sites (tertiary alicyclic amines) is 1. The molecule has 12 nitrogen and oxygen atoms in total. The topological polar surface area (TPSA) is 177 Å². The van der Waals surface area contributed by atoms with Crippen LogP contribution in [0.1, 0.15) is 153 Å². The number of ketones is 3. The Hall–Kier alpha value is -3.29. The number of ether oxygens (including phenoxy) is 3. The van der Waals surface area contributed by atoms with Crippen LogP contribution in [0.4, 0.5) is 0 Å². The summed E-state index contributed by atoms with van der Waals surface area (Å²) in [5.74, 6) is -7.98. The first-order chi connectivity index (χ1) is 30.2. The molecule has 0 radical (unpaired) electrons. The molecular weight excluding hydrogens is 815 g/mol. The molecule has 0 aromatic heterocycles. The summed E-state index contributed by atoms with van der Waals surface area (Å²) in [7, 11) is 5.00. The number of hydrogen-bond donors (Lipinski definition) is 3. The zero-order valence-corrected chi connectivity index (χ0v) is 41.8. The number of rotatable bonds is 27. The molecular formula is C52H87NO11. The first-order valence-corrected chi connectivity index (χ1v) is 24.1. The Balaban J connectivity index is 0.0000101. The Morgan fingerprint density at radius 1 is 0.859 bits per heavy atom. The summed E-state index contributed by atoms with van der Waals surface area (Å²) in [5.41, 5.74) is 2.07. The van der Waals surface area contributed by atoms with Crippen LogP contribution in [0.15, 0.2) is 47.6 Å². The smallest absolute Gasteiger partial charge is 0.326 e. The van der Waals surface area contributed by atoms with Gasteiger partial charge in [0.05, 0.1) is 12.2 Å². The molecule has 1 aliphatic carbocycles. The van der Waals surface area contributed by atoms with Crippen molar-refractivity contribution in [3.63, 3.8) is 0 Å². The predicted octanol–water partition coefficient (Wildman–Crippen LogP) is 9.26. The summed E-state index contributed by atoms with van der Waals surface area (Å²) in [6.07, 6.45) is 20.9. The number of carboxylic acid groups (broad SMARTS) is 1. The van der Waals surface area contributed by atoms with Gasteiger partial charge in [-0.15, -0.1) is 0 Å². The van der Waals surface area contributed by atoms with Crippen LogP contribution in [0.25, 0.3) is 0 Å². The molecule has 0 spiro atoms. The molecule has 10 atom stereocenters. The van der Waals surface area contributed by atoms with Gasteiger partial charge >= 0.3 is 5.97 Å². The van der Waals surface area contributed by atoms with Gasteiger partial charge in [0.2, 0.25) is 5.79 Å². The van der Waals surface area contributed by atoms with Gasteiger partial charge in [-0.25, -0.2) is 4.79 Å². The number of hydrogen-bond acceptors (Lipinski definition) is 10. The van der Waals surface area contributed by atoms with Crippen molar-refractivity contribution >= 4 is 29.2 Å². The SMILES string of the molecule is CC.CCCC(OC)/C(C)=C/C=C/C=C/C(C)CC(C)C(=O)C(C/C(C)=C/[C@@H](C)C(=O)CC[C@@H](CC1CCCC(OC)C1)C1CCN(C(=O)C(=O)C(O)(O)C(C)C)C(C(=O)O)C1)OC. The van der Waals surface area contributed by atoms with Crippen molar-refractivity contribution in [2.45, 2.75) is 183 Å². The van der Waals surface area contributed by atoms with E-state index in [9.17, 15) is 39.3 Å². The quantitative estimate of drug-likeness (QED) is 0.0310. The summed E-state index contributed by atoms with van der Waals surface area (Å²) in [4.78, 5) is 66.8. The van der Waals surface area contributed by atoms with E-state index in [2.05, 4.69) is 32.9 Å². The van der Waals surface area contributed by atoms with Gasteiger partial charge in [-0.05, 0) is 94.5 Å². The number of amides is 1. The lowest BCUT2D eigenvalue weighted by Crippen LogP contribution is -2.58. The highest BCUT2D eigenvalue weighted by atomic mass is 16.5. The van der Waals surface area contributed by atoms with E-state index in [1.807, 2.05) is 58.9 Å². The van der Waals surface area contributed by atoms with Crippen molar-refractivity contribution in [2.24, 2.45) is 41.4 Å². The van der Waals surface area contributed by atoms with Gasteiger partial charge < -0.3 is 34.4 Å². The second-order valence-electron chi connectivity index (χ2n) is 18.7. The van der Waals surface area contributed by atoms with Crippen molar-refractivity contribution in [1.82, 2.24) is 4.90 Å². The van der Waals surface area contributed by atoms with Gasteiger partial charge in [0.15, 0.2) is 5.78 Å². The molecule has 2 fully saturated rings. The highest BCUT2D eigenvalue weighted by Crippen LogP contribution is 2.40. The van der Waals surface area contributed by atoms with Crippen LogP contribution >= 0.6 is 0 Å². The molecule has 2 aliphatic rings. The Bertz CT molecular complexity index is 1580. The number of carbonyl (C=O) groups is 5. The molecule has 2 rings (SSSR count). The zero-order chi connectivity index (χ0) is 48.7. The Kier molecular flexibility index (Phi) is 27.6. The van der Waals surface area contributed by atoms with E-state index in [0.717, 1.165) is 55.4 Å². The molecule has 0 aromatic rings. The summed E-state index contributed by atoms with van der Waals surface area (Å²) in [6, 6.07) is -1.31. The van der Waals surface area contributed by atoms with Gasteiger partial charge in [0.25, 0.3) is 11.7 Å². The number of aliphatic carboxylic acids is 1. The van der Waals surface area contributed by atoms with Crippen molar-refractivity contribution in [1.29, 1.82) is 0 Å². The number of carbonyl (C=O) groups excluding carboxylic acids is 4. The minimum Gasteiger partial charge on any atom is -0.480 e. The fourth-order valence-corrected chi connectivity index (χ4v) is 9.32. The number of Topliss-reactive ketones (excluding diaryl/α,β-unsaturated/α-hetero) is 3. The number of piperidine rings is 1. The molecule has 1 aliphatic heterocycles. The van der Waals surface area contributed by atoms with Crippen LogP contribution < -0.4 is 0 Å². The van der Waals surface area contributed by atoms with Crippen LogP contribution in [0, 0.1) is 41.4 Å². The monoisotopic (exact) mass is 902 g/mol. The second-order valence-corrected chi connectivity index (χ2v) is 18.7. The second kappa shape index (κ2) is 30.1. The van der Waals surface area contributed by atoms with E-state index in [0.29, 0.717) is 31.6 Å². The standard InChI is InChI=1S/C50H81NO11.C2H6/c1-12-17-44(61-10)35(6)19-15-13-14-18-33(4)26-37(8)46(53)45(62-11)28-34(5)27-36(7)43(52)23-22-39(29-38-20-16-21-41(30-38)60-9)40-24-25-51(42(31-40)49(56)57)48(55)47(54)50(58,59)32(2)3;1-2/h13-15,18-19,27,32-33,36-42,44-45,58-59H,12,16-17,20-26,28-31H2,1-11H3,(H,56,57);1-2H3/b15-13+,18-14+,34-27+,35-19+;/t33?,36-,37?,38?,39+,40?,41?,42?,44?,45?;/m1./s1. The molecule has 1 amide bonds. The third kappa shape index (κ3) is 18.9. The Labute approximate surface area is 386 Å². The molecule has 0 aromatic carbocycles. The predicted molar refractivity (Wildman–Crippen MR) is 253 cm³/mol. The van der Waals surface area contributed by atoms with Gasteiger partial charge in [-0.2, -0.15) is 0 Å². The minimum absolute atomic E-state index is 0.0115. The molecule has 3 N–H and O–H groups in total. The third-order valence-electron chi connectivity index (χ3n) is 13.4. The maximum atomic E-state index is 13.7. The number of allylic oxidation sites excluding steroid dienone is 6. The van der Waals surface area contributed by atoms with E-state index < -0.39 is 47.4 Å². The molecule has 0 bridgehead atoms. The number of nitrogens with zero attached hydrogens (tertiary/aromatic N) is 1. The average Bonchev–Trinajstić information content (AvgIpc) is 3.27. The lowest BCUT2D eigenvalue weighted by atomic mass is 9.71. The zero-order valence-electron chi connectivity index (χ0n) is 41.8. The van der Waals surface area contributed by atoms with E-state index in [-0.39, 0.29) is 66.8 Å². The fourth-order valence-electron chi connectivity index (χ4n) is 9.32. The minimum atomic E-state index is -2.91. The fraction of sp³-hybridized carbons (Fsp3) is 0.750. The molecule has 1 saturated carbocycles. The van der Waals surface area contributed by atoms with Crippen molar-refractivity contribution < 1.29 is 53.5 Å². The number of methoxy groups -OCH3 is 3. The highest BCUT2D eigenvalue weighted by Gasteiger charge is 2.47. The first kappa shape index (κ1) is 58.7. The molecule has 64 heavy (non-hydrogen) atoms. The normalized spacial score (nSPS) is 23.0. The largest absolute Gasteiger partial charge is 0.480 e. The van der Waals surface area contributed by atoms with Crippen LogP contribution in [0.2, 0.25) is 0 Å². The third-order valence-corrected chi connectivity index (χ3v) is 13.4. The summed E-state index contributed by atoms with van der Waals surface area (Å²) >= 11 is 0. The summed E-state index contributed by atoms with van der Waals surface area (Å²) in [6.45, 7) is 18.8. The Morgan fingerprint density at radius 2 is 1.52 bits per heavy atom. The highest BCUT2D eigenvalue weighted by molar-refractivity contribution is 6.39. The van der Waals surface area contributed by atoms with Crippen LogP contribution in [0.3, 0.4) is 0 Å². The van der Waals surface area contributed by atoms with E-state index in [1.165, 1.54) is 19.4 Å². The summed E-state index contributed by atoms with van der Waals surface area (Å²) in [5, 5.41) is 30.9. The average molecular weight is 902 g/mol. The number of carboxylic acids is 1. The molecule has 366 valence electrons. The van der Waals surface area contributed by atoms with Gasteiger partial charge in [0.1, 0.15) is 17.9 Å². The van der Waals surface area contributed by atoms with Gasteiger partial charge in [-0.1, -0.05) is 117 Å². The van der Waals surface area contributed by atoms with Crippen LogP contribution in [-0.2, 0) is 38.2 Å². The summed E-state index contributed by atoms with van der Waals surface area (Å²) < 4.78 is 17.0. The van der Waals surface area contributed by atoms with Gasteiger partial charge in [0, 0.05) is 58.5 Å². The molecule has 8 unspecified atom stereocenters. The lowest BCUT2D eigenvalue weighted by Gasteiger charge is -2.42. The van der Waals surface area contributed by atoms with E-state index in [4.69, 9.17) is 14.2 Å². The van der Waals surface area contributed by atoms with E-state index in [1.54, 1.807) is 21.3 Å². The van der Waals surface area contributed by atoms with Crippen molar-refractivity contribution in [2.75, 3.05) is 27.9 Å². The van der Waals surface area contributed by atoms with Gasteiger partial charge in [-0.3, -0.25) is 19.2 Å². The Morgan fingerprint density at radius 3 is 2.09 bits per heavy atom.